The number of benzene rings is 1. The molecule has 1 aromatic rings. The molecule has 1 saturated heterocycles. The van der Waals surface area contributed by atoms with Gasteiger partial charge < -0.3 is 25.8 Å². The smallest absolute Gasteiger partial charge is 0.408 e. The van der Waals surface area contributed by atoms with Crippen LogP contribution in [0.3, 0.4) is 0 Å². The van der Waals surface area contributed by atoms with Gasteiger partial charge in [0.05, 0.1) is 12.6 Å². The summed E-state index contributed by atoms with van der Waals surface area (Å²) in [6.07, 6.45) is 2.77. The van der Waals surface area contributed by atoms with Crippen LogP contribution in [0.1, 0.15) is 70.5 Å². The van der Waals surface area contributed by atoms with Gasteiger partial charge in [-0.1, -0.05) is 44.0 Å². The number of ether oxygens (including phenoxy) is 1. The number of hydrogen-bond donors (Lipinski definition) is 4. The van der Waals surface area contributed by atoms with E-state index in [1.807, 2.05) is 19.9 Å². The van der Waals surface area contributed by atoms with Gasteiger partial charge >= 0.3 is 6.09 Å². The quantitative estimate of drug-likeness (QED) is 0.525. The van der Waals surface area contributed by atoms with Crippen LogP contribution in [0.15, 0.2) is 24.3 Å². The van der Waals surface area contributed by atoms with Crippen molar-refractivity contribution in [3.05, 3.63) is 34.9 Å². The first-order valence-electron chi connectivity index (χ1n) is 11.7. The van der Waals surface area contributed by atoms with Crippen molar-refractivity contribution in [2.24, 2.45) is 5.92 Å². The molecule has 0 spiro atoms. The van der Waals surface area contributed by atoms with E-state index in [0.29, 0.717) is 30.8 Å². The third-order valence-corrected chi connectivity index (χ3v) is 5.77. The highest BCUT2D eigenvalue weighted by atomic mass is 35.5. The number of rotatable bonds is 4. The topological polar surface area (TPSA) is 117 Å². The van der Waals surface area contributed by atoms with Crippen molar-refractivity contribution in [3.63, 3.8) is 0 Å². The molecule has 8 nitrogen and oxygen atoms in total. The molecule has 0 radical (unpaired) electrons. The first kappa shape index (κ1) is 26.9. The number of nitrogens with one attached hydrogen (secondary N) is 3. The van der Waals surface area contributed by atoms with E-state index in [4.69, 9.17) is 16.3 Å². The lowest BCUT2D eigenvalue weighted by Gasteiger charge is -2.25. The molecule has 1 aliphatic heterocycles. The SMILES string of the molecule is CC(C)C[C@@H]1NC(=O)O[C@H](c2cccc(Cl)c2)CCCCCNC(=O)CC[C@@H](CO)NC1=O. The lowest BCUT2D eigenvalue weighted by Crippen LogP contribution is -2.51. The number of halogens is 1. The number of carbonyl (C=O) groups is 3. The number of alkyl carbamates (subject to hydrolysis) is 1. The summed E-state index contributed by atoms with van der Waals surface area (Å²) in [6.45, 7) is 4.15. The summed E-state index contributed by atoms with van der Waals surface area (Å²) >= 11 is 6.14. The molecule has 2 rings (SSSR count). The Balaban J connectivity index is 2.21. The normalized spacial score (nSPS) is 24.3. The first-order chi connectivity index (χ1) is 15.8. The molecular formula is C24H36ClN3O5. The molecule has 0 aliphatic carbocycles. The Labute approximate surface area is 200 Å². The van der Waals surface area contributed by atoms with Gasteiger partial charge in [0.1, 0.15) is 12.1 Å². The van der Waals surface area contributed by atoms with Crippen LogP contribution < -0.4 is 16.0 Å². The van der Waals surface area contributed by atoms with E-state index in [2.05, 4.69) is 16.0 Å². The van der Waals surface area contributed by atoms with Crippen LogP contribution in [0, 0.1) is 5.92 Å². The zero-order valence-electron chi connectivity index (χ0n) is 19.4. The number of amides is 3. The number of aliphatic hydroxyl groups excluding tert-OH is 1. The van der Waals surface area contributed by atoms with Gasteiger partial charge in [-0.25, -0.2) is 4.79 Å². The van der Waals surface area contributed by atoms with Gasteiger partial charge in [0.15, 0.2) is 0 Å². The average Bonchev–Trinajstić information content (AvgIpc) is 2.76. The molecule has 0 saturated carbocycles. The molecule has 4 N–H and O–H groups in total. The van der Waals surface area contributed by atoms with Crippen LogP contribution in [0.2, 0.25) is 5.02 Å². The fourth-order valence-electron chi connectivity index (χ4n) is 3.77. The Morgan fingerprint density at radius 3 is 2.61 bits per heavy atom. The molecule has 9 heteroatoms. The molecule has 33 heavy (non-hydrogen) atoms. The van der Waals surface area contributed by atoms with Crippen molar-refractivity contribution in [3.8, 4) is 0 Å². The molecular weight excluding hydrogens is 446 g/mol. The van der Waals surface area contributed by atoms with Gasteiger partial charge in [0.25, 0.3) is 0 Å². The largest absolute Gasteiger partial charge is 0.441 e. The molecule has 0 bridgehead atoms. The third kappa shape index (κ3) is 10.0. The highest BCUT2D eigenvalue weighted by Gasteiger charge is 2.26. The van der Waals surface area contributed by atoms with Gasteiger partial charge in [-0.15, -0.1) is 0 Å². The number of aliphatic hydroxyl groups is 1. The fourth-order valence-corrected chi connectivity index (χ4v) is 3.97. The van der Waals surface area contributed by atoms with E-state index in [-0.39, 0.29) is 24.9 Å². The maximum absolute atomic E-state index is 12.9. The second kappa shape index (κ2) is 14.1. The highest BCUT2D eigenvalue weighted by Crippen LogP contribution is 2.26. The Morgan fingerprint density at radius 1 is 1.12 bits per heavy atom. The summed E-state index contributed by atoms with van der Waals surface area (Å²) < 4.78 is 5.74. The van der Waals surface area contributed by atoms with Crippen LogP contribution in [-0.4, -0.2) is 48.2 Å². The average molecular weight is 482 g/mol. The molecule has 1 heterocycles. The van der Waals surface area contributed by atoms with E-state index < -0.39 is 30.2 Å². The van der Waals surface area contributed by atoms with Crippen molar-refractivity contribution in [1.29, 1.82) is 0 Å². The standard InChI is InChI=1S/C24H36ClN3O5/c1-16(2)13-20-23(31)27-19(15-29)10-11-22(30)26-12-5-3-4-9-21(33-24(32)28-20)17-7-6-8-18(25)14-17/h6-8,14,16,19-21,29H,3-5,9-13,15H2,1-2H3,(H,26,30)(H,27,31)(H,28,32)/t19-,20-,21-/m0/s1. The number of carbonyl (C=O) groups excluding carboxylic acids is 3. The summed E-state index contributed by atoms with van der Waals surface area (Å²) in [5.41, 5.74) is 0.786. The highest BCUT2D eigenvalue weighted by molar-refractivity contribution is 6.30. The van der Waals surface area contributed by atoms with E-state index in [0.717, 1.165) is 24.8 Å². The van der Waals surface area contributed by atoms with Crippen molar-refractivity contribution in [2.75, 3.05) is 13.2 Å². The van der Waals surface area contributed by atoms with Gasteiger partial charge in [-0.2, -0.15) is 0 Å². The Morgan fingerprint density at radius 2 is 1.91 bits per heavy atom. The molecule has 1 aliphatic rings. The fraction of sp³-hybridized carbons (Fsp3) is 0.625. The second-order valence-electron chi connectivity index (χ2n) is 8.90. The summed E-state index contributed by atoms with van der Waals surface area (Å²) in [4.78, 5) is 37.8. The van der Waals surface area contributed by atoms with Crippen LogP contribution >= 0.6 is 11.6 Å². The lowest BCUT2D eigenvalue weighted by atomic mass is 10.0. The van der Waals surface area contributed by atoms with Crippen LogP contribution in [-0.2, 0) is 14.3 Å². The van der Waals surface area contributed by atoms with E-state index in [1.54, 1.807) is 18.2 Å². The third-order valence-electron chi connectivity index (χ3n) is 5.54. The van der Waals surface area contributed by atoms with E-state index in [9.17, 15) is 19.5 Å². The lowest BCUT2D eigenvalue weighted by molar-refractivity contribution is -0.125. The Bertz CT molecular complexity index is 789. The molecule has 1 aromatic carbocycles. The zero-order chi connectivity index (χ0) is 24.2. The summed E-state index contributed by atoms with van der Waals surface area (Å²) in [5.74, 6) is -0.389. The van der Waals surface area contributed by atoms with Crippen molar-refractivity contribution in [1.82, 2.24) is 16.0 Å². The van der Waals surface area contributed by atoms with Crippen molar-refractivity contribution >= 4 is 29.5 Å². The van der Waals surface area contributed by atoms with Gasteiger partial charge in [-0.05, 0) is 55.7 Å². The minimum atomic E-state index is -0.823. The molecule has 1 fully saturated rings. The van der Waals surface area contributed by atoms with Crippen molar-refractivity contribution in [2.45, 2.75) is 77.0 Å². The minimum Gasteiger partial charge on any atom is -0.441 e. The predicted molar refractivity (Wildman–Crippen MR) is 127 cm³/mol. The Kier molecular flexibility index (Phi) is 11.5. The maximum atomic E-state index is 12.9. The van der Waals surface area contributed by atoms with Crippen LogP contribution in [0.4, 0.5) is 4.79 Å². The molecule has 0 unspecified atom stereocenters. The van der Waals surface area contributed by atoms with Crippen LogP contribution in [0.5, 0.6) is 0 Å². The zero-order valence-corrected chi connectivity index (χ0v) is 20.2. The van der Waals surface area contributed by atoms with Gasteiger partial charge in [-0.3, -0.25) is 9.59 Å². The summed E-state index contributed by atoms with van der Waals surface area (Å²) in [5, 5.41) is 18.5. The number of cyclic esters (lactones) is 1. The van der Waals surface area contributed by atoms with E-state index >= 15 is 0 Å². The second-order valence-corrected chi connectivity index (χ2v) is 9.34. The van der Waals surface area contributed by atoms with Crippen LogP contribution in [0.25, 0.3) is 0 Å². The van der Waals surface area contributed by atoms with Crippen molar-refractivity contribution < 1.29 is 24.2 Å². The number of hydrogen-bond acceptors (Lipinski definition) is 5. The molecule has 184 valence electrons. The summed E-state index contributed by atoms with van der Waals surface area (Å²) in [6, 6.07) is 5.79. The van der Waals surface area contributed by atoms with Gasteiger partial charge in [0.2, 0.25) is 11.8 Å². The molecule has 0 aromatic heterocycles. The maximum Gasteiger partial charge on any atom is 0.408 e. The predicted octanol–water partition coefficient (Wildman–Crippen LogP) is 3.47. The first-order valence-corrected chi connectivity index (χ1v) is 12.1. The molecule has 3 amide bonds. The van der Waals surface area contributed by atoms with E-state index in [1.165, 1.54) is 0 Å². The summed E-state index contributed by atoms with van der Waals surface area (Å²) in [7, 11) is 0. The molecule has 3 atom stereocenters. The Hall–Kier alpha value is -2.32. The van der Waals surface area contributed by atoms with Gasteiger partial charge in [0, 0.05) is 18.0 Å². The monoisotopic (exact) mass is 481 g/mol. The minimum absolute atomic E-state index is 0.112.